The summed E-state index contributed by atoms with van der Waals surface area (Å²) in [5, 5.41) is 12.1. The predicted octanol–water partition coefficient (Wildman–Crippen LogP) is 3.50. The lowest BCUT2D eigenvalue weighted by Gasteiger charge is -2.32. The van der Waals surface area contributed by atoms with Crippen LogP contribution in [-0.2, 0) is 15.1 Å². The third kappa shape index (κ3) is 5.22. The molecule has 150 valence electrons. The highest BCUT2D eigenvalue weighted by atomic mass is 19.1. The normalized spacial score (nSPS) is 13.9. The van der Waals surface area contributed by atoms with E-state index in [4.69, 9.17) is 9.47 Å². The minimum atomic E-state index is -1.20. The summed E-state index contributed by atoms with van der Waals surface area (Å²) in [5.41, 5.74) is -0.632. The Morgan fingerprint density at radius 1 is 1.21 bits per heavy atom. The van der Waals surface area contributed by atoms with Gasteiger partial charge in [0.1, 0.15) is 5.75 Å². The Kier molecular flexibility index (Phi) is 6.98. The van der Waals surface area contributed by atoms with Crippen molar-refractivity contribution in [1.29, 1.82) is 0 Å². The predicted molar refractivity (Wildman–Crippen MR) is 102 cm³/mol. The first-order valence-corrected chi connectivity index (χ1v) is 8.88. The smallest absolute Gasteiger partial charge is 0.306 e. The van der Waals surface area contributed by atoms with Crippen LogP contribution in [0, 0.1) is 5.82 Å². The lowest BCUT2D eigenvalue weighted by molar-refractivity contribution is -0.139. The van der Waals surface area contributed by atoms with Crippen molar-refractivity contribution in [3.05, 3.63) is 59.9 Å². The summed E-state index contributed by atoms with van der Waals surface area (Å²) in [6, 6.07) is 12.6. The van der Waals surface area contributed by atoms with Gasteiger partial charge in [-0.2, -0.15) is 0 Å². The number of hydrogen-bond acceptors (Lipinski definition) is 4. The molecule has 6 nitrogen and oxygen atoms in total. The van der Waals surface area contributed by atoms with Crippen LogP contribution in [-0.4, -0.2) is 30.2 Å². The second kappa shape index (κ2) is 9.21. The van der Waals surface area contributed by atoms with Crippen molar-refractivity contribution in [3.63, 3.8) is 0 Å². The zero-order chi connectivity index (χ0) is 20.7. The fraction of sp³-hybridized carbons (Fsp3) is 0.333. The number of benzene rings is 2. The second-order valence-electron chi connectivity index (χ2n) is 6.57. The number of para-hydroxylation sites is 1. The van der Waals surface area contributed by atoms with Crippen molar-refractivity contribution in [2.24, 2.45) is 0 Å². The van der Waals surface area contributed by atoms with Crippen LogP contribution in [0.1, 0.15) is 32.3 Å². The van der Waals surface area contributed by atoms with E-state index in [1.54, 1.807) is 44.2 Å². The summed E-state index contributed by atoms with van der Waals surface area (Å²) in [4.78, 5) is 24.3. The van der Waals surface area contributed by atoms with Gasteiger partial charge in [0.25, 0.3) is 5.91 Å². The minimum absolute atomic E-state index is 0.0363. The molecule has 2 unspecified atom stereocenters. The summed E-state index contributed by atoms with van der Waals surface area (Å²) in [6.07, 6.45) is -1.04. The maximum absolute atomic E-state index is 13.9. The van der Waals surface area contributed by atoms with E-state index in [1.165, 1.54) is 25.3 Å². The average molecular weight is 389 g/mol. The van der Waals surface area contributed by atoms with E-state index in [9.17, 15) is 19.1 Å². The Balaban J connectivity index is 2.27. The summed E-state index contributed by atoms with van der Waals surface area (Å²) < 4.78 is 24.6. The van der Waals surface area contributed by atoms with Gasteiger partial charge in [0, 0.05) is 0 Å². The fourth-order valence-corrected chi connectivity index (χ4v) is 2.86. The van der Waals surface area contributed by atoms with Gasteiger partial charge in [-0.1, -0.05) is 31.2 Å². The molecule has 0 aromatic heterocycles. The van der Waals surface area contributed by atoms with Crippen LogP contribution in [0.3, 0.4) is 0 Å². The number of hydrogen-bond donors (Lipinski definition) is 2. The molecule has 2 rings (SSSR count). The van der Waals surface area contributed by atoms with E-state index in [0.717, 1.165) is 0 Å². The Morgan fingerprint density at radius 3 is 2.54 bits per heavy atom. The molecule has 0 saturated carbocycles. The van der Waals surface area contributed by atoms with Crippen LogP contribution < -0.4 is 14.8 Å². The molecule has 2 atom stereocenters. The van der Waals surface area contributed by atoms with Crippen LogP contribution in [0.4, 0.5) is 4.39 Å². The first kappa shape index (κ1) is 21.2. The first-order chi connectivity index (χ1) is 13.3. The number of halogens is 1. The molecule has 0 aliphatic heterocycles. The number of carbonyl (C=O) groups is 2. The average Bonchev–Trinajstić information content (AvgIpc) is 2.66. The lowest BCUT2D eigenvalue weighted by Crippen LogP contribution is -2.50. The number of amides is 1. The van der Waals surface area contributed by atoms with Gasteiger partial charge in [0.2, 0.25) is 0 Å². The van der Waals surface area contributed by atoms with Crippen molar-refractivity contribution < 1.29 is 28.6 Å². The molecule has 0 spiro atoms. The molecule has 7 heteroatoms. The Morgan fingerprint density at radius 2 is 1.93 bits per heavy atom. The second-order valence-corrected chi connectivity index (χ2v) is 6.57. The molecule has 0 aliphatic rings. The number of rotatable bonds is 9. The monoisotopic (exact) mass is 389 g/mol. The molecule has 28 heavy (non-hydrogen) atoms. The van der Waals surface area contributed by atoms with Gasteiger partial charge in [0.15, 0.2) is 17.7 Å². The van der Waals surface area contributed by atoms with Gasteiger partial charge in [-0.15, -0.1) is 0 Å². The van der Waals surface area contributed by atoms with E-state index in [1.807, 2.05) is 0 Å². The standard InChI is InChI=1S/C21H24FNO5/c1-4-17(28-18-11-6-5-10-16(18)22)20(26)23-21(2,13-19(24)25)14-8-7-9-15(12-14)27-3/h5-12,17H,4,13H2,1-3H3,(H,23,26)(H,24,25). The third-order valence-corrected chi connectivity index (χ3v) is 4.38. The maximum Gasteiger partial charge on any atom is 0.306 e. The van der Waals surface area contributed by atoms with Gasteiger partial charge in [-0.25, -0.2) is 4.39 Å². The molecule has 0 saturated heterocycles. The van der Waals surface area contributed by atoms with E-state index in [2.05, 4.69) is 5.32 Å². The van der Waals surface area contributed by atoms with Crippen LogP contribution in [0.15, 0.2) is 48.5 Å². The number of nitrogens with one attached hydrogen (secondary N) is 1. The number of carboxylic acids is 1. The van der Waals surface area contributed by atoms with Crippen molar-refractivity contribution in [2.45, 2.75) is 38.3 Å². The zero-order valence-corrected chi connectivity index (χ0v) is 16.1. The molecule has 0 bridgehead atoms. The zero-order valence-electron chi connectivity index (χ0n) is 16.1. The van der Waals surface area contributed by atoms with Gasteiger partial charge in [0.05, 0.1) is 19.1 Å². The Bertz CT molecular complexity index is 841. The molecule has 0 fully saturated rings. The number of ether oxygens (including phenoxy) is 2. The number of aliphatic carboxylic acids is 1. The van der Waals surface area contributed by atoms with E-state index in [0.29, 0.717) is 11.3 Å². The SMILES string of the molecule is CCC(Oc1ccccc1F)C(=O)NC(C)(CC(=O)O)c1cccc(OC)c1. The van der Waals surface area contributed by atoms with E-state index >= 15 is 0 Å². The Labute approximate surface area is 163 Å². The van der Waals surface area contributed by atoms with Gasteiger partial charge in [-0.05, 0) is 43.2 Å². The molecule has 0 aliphatic carbocycles. The number of carboxylic acid groups (broad SMARTS) is 1. The molecule has 2 aromatic rings. The first-order valence-electron chi connectivity index (χ1n) is 8.88. The molecule has 2 aromatic carbocycles. The highest BCUT2D eigenvalue weighted by Crippen LogP contribution is 2.28. The molecule has 0 heterocycles. The van der Waals surface area contributed by atoms with Crippen molar-refractivity contribution in [3.8, 4) is 11.5 Å². The molecular formula is C21H24FNO5. The van der Waals surface area contributed by atoms with Gasteiger partial charge < -0.3 is 19.9 Å². The van der Waals surface area contributed by atoms with Crippen LogP contribution in [0.5, 0.6) is 11.5 Å². The van der Waals surface area contributed by atoms with E-state index < -0.39 is 29.3 Å². The van der Waals surface area contributed by atoms with Crippen LogP contribution in [0.25, 0.3) is 0 Å². The summed E-state index contributed by atoms with van der Waals surface area (Å²) in [5.74, 6) is -1.68. The molecule has 0 radical (unpaired) electrons. The molecular weight excluding hydrogens is 365 g/mol. The third-order valence-electron chi connectivity index (χ3n) is 4.38. The highest BCUT2D eigenvalue weighted by Gasteiger charge is 2.34. The Hall–Kier alpha value is -3.09. The minimum Gasteiger partial charge on any atom is -0.497 e. The van der Waals surface area contributed by atoms with Gasteiger partial charge >= 0.3 is 5.97 Å². The number of carbonyl (C=O) groups excluding carboxylic acids is 1. The van der Waals surface area contributed by atoms with Gasteiger partial charge in [-0.3, -0.25) is 9.59 Å². The summed E-state index contributed by atoms with van der Waals surface area (Å²) in [6.45, 7) is 3.34. The quantitative estimate of drug-likeness (QED) is 0.686. The topological polar surface area (TPSA) is 84.9 Å². The maximum atomic E-state index is 13.9. The highest BCUT2D eigenvalue weighted by molar-refractivity contribution is 5.83. The largest absolute Gasteiger partial charge is 0.497 e. The fourth-order valence-electron chi connectivity index (χ4n) is 2.86. The van der Waals surface area contributed by atoms with Crippen LogP contribution in [0.2, 0.25) is 0 Å². The molecule has 2 N–H and O–H groups in total. The molecule has 1 amide bonds. The van der Waals surface area contributed by atoms with Crippen molar-refractivity contribution >= 4 is 11.9 Å². The summed E-state index contributed by atoms with van der Waals surface area (Å²) >= 11 is 0. The van der Waals surface area contributed by atoms with Crippen molar-refractivity contribution in [2.75, 3.05) is 7.11 Å². The number of methoxy groups -OCH3 is 1. The lowest BCUT2D eigenvalue weighted by atomic mass is 9.88. The van der Waals surface area contributed by atoms with Crippen LogP contribution >= 0.6 is 0 Å². The summed E-state index contributed by atoms with van der Waals surface area (Å²) in [7, 11) is 1.50. The van der Waals surface area contributed by atoms with E-state index in [-0.39, 0.29) is 18.6 Å². The van der Waals surface area contributed by atoms with Crippen molar-refractivity contribution in [1.82, 2.24) is 5.32 Å².